The lowest BCUT2D eigenvalue weighted by Crippen LogP contribution is -2.53. The average molecular weight is 531 g/mol. The molecule has 7 rings (SSSR count). The first kappa shape index (κ1) is 27.3. The summed E-state index contributed by atoms with van der Waals surface area (Å²) in [5.41, 5.74) is 3.80. The molecule has 0 heterocycles. The molecule has 6 saturated carbocycles. The van der Waals surface area contributed by atoms with Gasteiger partial charge in [-0.25, -0.2) is 0 Å². The predicted octanol–water partition coefficient (Wildman–Crippen LogP) is 11.6. The first-order chi connectivity index (χ1) is 19.2. The van der Waals surface area contributed by atoms with Gasteiger partial charge in [0.2, 0.25) is 0 Å². The van der Waals surface area contributed by atoms with Gasteiger partial charge in [0.15, 0.2) is 0 Å². The Morgan fingerprint density at radius 2 is 1.15 bits per heavy atom. The second-order valence-electron chi connectivity index (χ2n) is 16.5. The van der Waals surface area contributed by atoms with Crippen molar-refractivity contribution in [1.82, 2.24) is 0 Å². The van der Waals surface area contributed by atoms with Gasteiger partial charge in [0.1, 0.15) is 0 Å². The van der Waals surface area contributed by atoms with Crippen LogP contribution >= 0.6 is 0 Å². The van der Waals surface area contributed by atoms with Gasteiger partial charge in [-0.15, -0.1) is 0 Å². The molecule has 0 aromatic rings. The lowest BCUT2D eigenvalue weighted by molar-refractivity contribution is -0.107. The topological polar surface area (TPSA) is 0 Å². The minimum absolute atomic E-state index is 0.906. The highest BCUT2D eigenvalue weighted by molar-refractivity contribution is 5.35. The summed E-state index contributed by atoms with van der Waals surface area (Å²) in [5, 5.41) is 0. The molecular weight excluding hydrogens is 468 g/mol. The summed E-state index contributed by atoms with van der Waals surface area (Å²) >= 11 is 0. The normalized spacial score (nSPS) is 46.9. The van der Waals surface area contributed by atoms with Gasteiger partial charge in [0.05, 0.1) is 0 Å². The van der Waals surface area contributed by atoms with E-state index in [0.717, 1.165) is 71.0 Å². The van der Waals surface area contributed by atoms with Crippen molar-refractivity contribution in [2.75, 3.05) is 0 Å². The van der Waals surface area contributed by atoms with Crippen molar-refractivity contribution in [3.63, 3.8) is 0 Å². The Hall–Kier alpha value is -0.520. The summed E-state index contributed by atoms with van der Waals surface area (Å²) in [7, 11) is 0. The predicted molar refractivity (Wildman–Crippen MR) is 166 cm³/mol. The van der Waals surface area contributed by atoms with E-state index in [1.807, 2.05) is 11.1 Å². The van der Waals surface area contributed by atoms with E-state index in [0.29, 0.717) is 0 Å². The molecule has 7 aliphatic carbocycles. The third kappa shape index (κ3) is 5.29. The maximum Gasteiger partial charge on any atom is -0.0160 e. The van der Waals surface area contributed by atoms with Crippen molar-refractivity contribution in [1.29, 1.82) is 0 Å². The zero-order chi connectivity index (χ0) is 26.3. The smallest absolute Gasteiger partial charge is 0.0160 e. The highest BCUT2D eigenvalue weighted by Gasteiger charge is 2.54. The average Bonchev–Trinajstić information content (AvgIpc) is 2.99. The second-order valence-corrected chi connectivity index (χ2v) is 16.5. The fourth-order valence-electron chi connectivity index (χ4n) is 13.2. The van der Waals surface area contributed by atoms with Crippen LogP contribution in [0.4, 0.5) is 0 Å². The number of allylic oxidation sites excluding steroid dienone is 4. The van der Waals surface area contributed by atoms with E-state index >= 15 is 0 Å². The van der Waals surface area contributed by atoms with E-state index in [2.05, 4.69) is 26.0 Å². The molecule has 0 bridgehead atoms. The molecule has 0 aromatic heterocycles. The molecule has 0 spiro atoms. The van der Waals surface area contributed by atoms with Crippen molar-refractivity contribution in [3.05, 3.63) is 23.3 Å². The van der Waals surface area contributed by atoms with Gasteiger partial charge in [-0.3, -0.25) is 0 Å². The molecule has 39 heavy (non-hydrogen) atoms. The highest BCUT2D eigenvalue weighted by atomic mass is 14.6. The van der Waals surface area contributed by atoms with Gasteiger partial charge < -0.3 is 0 Å². The van der Waals surface area contributed by atoms with E-state index in [4.69, 9.17) is 0 Å². The Bertz CT molecular complexity index is 866. The third-order valence-electron chi connectivity index (χ3n) is 14.4. The van der Waals surface area contributed by atoms with Crippen LogP contribution in [0.3, 0.4) is 0 Å². The van der Waals surface area contributed by atoms with Crippen LogP contribution in [0.15, 0.2) is 23.3 Å². The van der Waals surface area contributed by atoms with Crippen molar-refractivity contribution in [2.24, 2.45) is 71.0 Å². The minimum Gasteiger partial charge on any atom is -0.0837 e. The van der Waals surface area contributed by atoms with Gasteiger partial charge in [0, 0.05) is 0 Å². The Balaban J connectivity index is 1.09. The van der Waals surface area contributed by atoms with Crippen LogP contribution in [0, 0.1) is 71.0 Å². The van der Waals surface area contributed by atoms with Crippen LogP contribution in [0.2, 0.25) is 0 Å². The van der Waals surface area contributed by atoms with Crippen molar-refractivity contribution >= 4 is 0 Å². The Kier molecular flexibility index (Phi) is 8.40. The monoisotopic (exact) mass is 530 g/mol. The van der Waals surface area contributed by atoms with E-state index in [1.54, 1.807) is 89.9 Å². The highest BCUT2D eigenvalue weighted by Crippen LogP contribution is 2.61. The van der Waals surface area contributed by atoms with E-state index in [-0.39, 0.29) is 0 Å². The Labute approximate surface area is 242 Å². The summed E-state index contributed by atoms with van der Waals surface area (Å²) in [6.07, 6.45) is 37.4. The maximum atomic E-state index is 2.63. The maximum absolute atomic E-state index is 2.63. The molecular formula is C39H62. The molecule has 0 N–H and O–H groups in total. The minimum atomic E-state index is 0.906. The Morgan fingerprint density at radius 1 is 0.564 bits per heavy atom. The van der Waals surface area contributed by atoms with Crippen LogP contribution in [0.5, 0.6) is 0 Å². The summed E-state index contributed by atoms with van der Waals surface area (Å²) in [6, 6.07) is 0. The van der Waals surface area contributed by atoms with Gasteiger partial charge >= 0.3 is 0 Å². The van der Waals surface area contributed by atoms with Crippen molar-refractivity contribution in [2.45, 2.75) is 149 Å². The summed E-state index contributed by atoms with van der Waals surface area (Å²) in [6.45, 7) is 5.21. The fourth-order valence-corrected chi connectivity index (χ4v) is 13.2. The quantitative estimate of drug-likeness (QED) is 0.339. The summed E-state index contributed by atoms with van der Waals surface area (Å²) < 4.78 is 0. The van der Waals surface area contributed by atoms with Crippen LogP contribution in [0.1, 0.15) is 149 Å². The van der Waals surface area contributed by atoms with E-state index in [1.165, 1.54) is 44.9 Å². The molecule has 0 aliphatic heterocycles. The Morgan fingerprint density at radius 3 is 1.87 bits per heavy atom. The fraction of sp³-hybridized carbons (Fsp3) is 0.897. The molecule has 0 radical (unpaired) electrons. The number of fused-ring (bicyclic) bond motifs is 3. The summed E-state index contributed by atoms with van der Waals surface area (Å²) in [5.74, 6) is 12.4. The molecule has 0 heteroatoms. The molecule has 9 atom stereocenters. The molecule has 0 aromatic carbocycles. The standard InChI is InChI=1S/C39H62/c1-26(2)38-34-19-5-7-21-36(34)39(37-22-8-6-20-35(37)38)31-17-10-15-29(25-31)28-14-9-16-30(24-28)33-23-11-13-27-12-3-4-18-32(27)33/h11,23,26-31,34-39H,3-10,12-22,24-25H2,1-2H3. The molecule has 9 unspecified atom stereocenters. The summed E-state index contributed by atoms with van der Waals surface area (Å²) in [4.78, 5) is 0. The zero-order valence-corrected chi connectivity index (χ0v) is 25.9. The van der Waals surface area contributed by atoms with Gasteiger partial charge in [-0.1, -0.05) is 95.8 Å². The zero-order valence-electron chi connectivity index (χ0n) is 25.9. The van der Waals surface area contributed by atoms with Crippen LogP contribution in [0.25, 0.3) is 0 Å². The van der Waals surface area contributed by atoms with E-state index in [9.17, 15) is 0 Å². The number of hydrogen-bond acceptors (Lipinski definition) is 0. The van der Waals surface area contributed by atoms with Gasteiger partial charge in [-0.2, -0.15) is 0 Å². The first-order valence-corrected chi connectivity index (χ1v) is 18.6. The first-order valence-electron chi connectivity index (χ1n) is 18.6. The third-order valence-corrected chi connectivity index (χ3v) is 14.4. The van der Waals surface area contributed by atoms with Crippen LogP contribution in [-0.4, -0.2) is 0 Å². The molecule has 0 saturated heterocycles. The van der Waals surface area contributed by atoms with Crippen molar-refractivity contribution < 1.29 is 0 Å². The van der Waals surface area contributed by atoms with Crippen molar-refractivity contribution in [3.8, 4) is 0 Å². The largest absolute Gasteiger partial charge is 0.0837 e. The SMILES string of the molecule is CC(C)C1C2CCCCC2C(C2CCCC(C3CCCC(C4=C5CCCCC5CC=C4)C3)C2)C2CCCCC21. The van der Waals surface area contributed by atoms with Crippen LogP contribution < -0.4 is 0 Å². The van der Waals surface area contributed by atoms with Gasteiger partial charge in [-0.05, 0) is 147 Å². The number of rotatable bonds is 4. The molecule has 7 aliphatic rings. The van der Waals surface area contributed by atoms with E-state index < -0.39 is 0 Å². The van der Waals surface area contributed by atoms with Gasteiger partial charge in [0.25, 0.3) is 0 Å². The number of hydrogen-bond donors (Lipinski definition) is 0. The molecule has 0 amide bonds. The lowest BCUT2D eigenvalue weighted by Gasteiger charge is -2.59. The molecule has 6 fully saturated rings. The van der Waals surface area contributed by atoms with Crippen LogP contribution in [-0.2, 0) is 0 Å². The molecule has 218 valence electrons. The molecule has 0 nitrogen and oxygen atoms in total. The lowest BCUT2D eigenvalue weighted by atomic mass is 9.46. The second kappa shape index (κ2) is 12.0.